The van der Waals surface area contributed by atoms with Crippen LogP contribution >= 0.6 is 34.8 Å². The highest BCUT2D eigenvalue weighted by Crippen LogP contribution is 2.65. The molecule has 2 bridgehead atoms. The smallest absolute Gasteiger partial charge is 0.350 e. The van der Waals surface area contributed by atoms with E-state index in [1.54, 1.807) is 66.7 Å². The monoisotopic (exact) mass is 1040 g/mol. The number of aliphatic hydroxyl groups is 1. The number of fused-ring (bicyclic) bond motifs is 5. The van der Waals surface area contributed by atoms with Crippen LogP contribution in [0.1, 0.15) is 79.8 Å². The maximum Gasteiger partial charge on any atom is 0.350 e. The molecule has 1 aliphatic heterocycles. The second-order valence-electron chi connectivity index (χ2n) is 18.6. The van der Waals surface area contributed by atoms with Gasteiger partial charge in [-0.25, -0.2) is 9.59 Å². The van der Waals surface area contributed by atoms with E-state index in [0.29, 0.717) is 5.56 Å². The predicted octanol–water partition coefficient (Wildman–Crippen LogP) is 5.53. The number of hydrogen-bond donors (Lipinski definition) is 2. The van der Waals surface area contributed by atoms with Gasteiger partial charge >= 0.3 is 35.8 Å². The van der Waals surface area contributed by atoms with Gasteiger partial charge in [-0.1, -0.05) is 80.6 Å². The van der Waals surface area contributed by atoms with Crippen LogP contribution in [-0.2, 0) is 61.9 Å². The summed E-state index contributed by atoms with van der Waals surface area (Å²) >= 11 is 17.9. The predicted molar refractivity (Wildman–Crippen MR) is 252 cm³/mol. The lowest BCUT2D eigenvalue weighted by Gasteiger charge is -2.67. The molecule has 2 N–H and O–H groups in total. The van der Waals surface area contributed by atoms with Gasteiger partial charge in [0.2, 0.25) is 6.10 Å². The van der Waals surface area contributed by atoms with E-state index in [1.165, 1.54) is 52.0 Å². The lowest BCUT2D eigenvalue weighted by molar-refractivity contribution is -0.346. The summed E-state index contributed by atoms with van der Waals surface area (Å²) in [6.45, 7) is 6.53. The molecule has 4 aliphatic rings. The zero-order valence-electron chi connectivity index (χ0n) is 39.2. The Labute approximate surface area is 423 Å². The van der Waals surface area contributed by atoms with Gasteiger partial charge in [0.25, 0.3) is 5.91 Å². The number of halogens is 3. The van der Waals surface area contributed by atoms with Gasteiger partial charge in [0.05, 0.1) is 23.5 Å². The molecule has 3 aliphatic carbocycles. The maximum atomic E-state index is 16.1. The molecule has 3 aromatic rings. The van der Waals surface area contributed by atoms with Crippen molar-refractivity contribution in [1.82, 2.24) is 5.32 Å². The van der Waals surface area contributed by atoms with Crippen molar-refractivity contribution in [3.8, 4) is 0 Å². The number of alkyl halides is 3. The van der Waals surface area contributed by atoms with E-state index < -0.39 is 149 Å². The average molecular weight is 1040 g/mol. The number of ketones is 1. The molecular formula is C51H52Cl3NO16. The molecule has 17 nitrogen and oxygen atoms in total. The van der Waals surface area contributed by atoms with Crippen LogP contribution in [0.5, 0.6) is 0 Å². The quantitative estimate of drug-likeness (QED) is 0.0824. The van der Waals surface area contributed by atoms with Gasteiger partial charge in [0, 0.05) is 30.7 Å². The molecule has 7 rings (SSSR count). The van der Waals surface area contributed by atoms with Crippen molar-refractivity contribution in [3.63, 3.8) is 0 Å². The van der Waals surface area contributed by atoms with Gasteiger partial charge in [0.15, 0.2) is 17.5 Å². The third-order valence-electron chi connectivity index (χ3n) is 14.3. The molecule has 20 heteroatoms. The zero-order chi connectivity index (χ0) is 51.6. The van der Waals surface area contributed by atoms with Crippen molar-refractivity contribution in [1.29, 1.82) is 0 Å². The Morgan fingerprint density at radius 1 is 0.775 bits per heavy atom. The van der Waals surface area contributed by atoms with E-state index in [0.717, 1.165) is 6.92 Å². The lowest BCUT2D eigenvalue weighted by Crippen LogP contribution is -2.82. The minimum absolute atomic E-state index is 0.000901. The summed E-state index contributed by atoms with van der Waals surface area (Å²) in [5, 5.41) is 16.8. The van der Waals surface area contributed by atoms with E-state index in [9.17, 15) is 33.9 Å². The van der Waals surface area contributed by atoms with Crippen molar-refractivity contribution in [3.05, 3.63) is 119 Å². The number of esters is 6. The maximum absolute atomic E-state index is 16.1. The molecule has 11 atom stereocenters. The van der Waals surface area contributed by atoms with Crippen LogP contribution in [0, 0.1) is 16.7 Å². The van der Waals surface area contributed by atoms with Gasteiger partial charge in [-0.3, -0.25) is 28.8 Å². The summed E-state index contributed by atoms with van der Waals surface area (Å²) in [5.41, 5.74) is -8.06. The second-order valence-corrected chi connectivity index (χ2v) is 19.4. The summed E-state index contributed by atoms with van der Waals surface area (Å²) in [4.78, 5) is 113. The van der Waals surface area contributed by atoms with Crippen LogP contribution in [0.15, 0.2) is 102 Å². The minimum Gasteiger partial charge on any atom is -0.460 e. The van der Waals surface area contributed by atoms with E-state index in [-0.39, 0.29) is 28.7 Å². The van der Waals surface area contributed by atoms with Crippen molar-refractivity contribution in [2.75, 3.05) is 24.2 Å². The molecule has 71 heavy (non-hydrogen) atoms. The molecule has 2 saturated carbocycles. The van der Waals surface area contributed by atoms with Gasteiger partial charge < -0.3 is 43.6 Å². The van der Waals surface area contributed by atoms with Crippen molar-refractivity contribution in [2.24, 2.45) is 16.7 Å². The third kappa shape index (κ3) is 9.78. The first kappa shape index (κ1) is 53.0. The fourth-order valence-electron chi connectivity index (χ4n) is 10.8. The largest absolute Gasteiger partial charge is 0.460 e. The molecule has 1 heterocycles. The standard InChI is InChI=1S/C51H52Cl3NO16/c1-27-32(66-47(63)41(69-37(59)25-54)39(29-15-9-6-10-16-29)55-45(61)30-17-11-7-12-18-30)22-51(64)44(70-46(62)31-19-13-8-14-20-31)42-49(5,43(60)40(68-36(58)24-53)38(27)48(51,3)4)33(67-35(57)23-52)21-34-50(42,26-65-34)71-28(2)56/h6-20,32-34,39-42,44,64H,21-26H2,1-5H3,(H,55,61)/t32-,33-,34+,39-,40+,41+,42-,44-,49+,50-,51+/m0/s1. The molecule has 3 aromatic carbocycles. The van der Waals surface area contributed by atoms with E-state index in [2.05, 4.69) is 5.32 Å². The molecule has 1 amide bonds. The lowest BCUT2D eigenvalue weighted by atomic mass is 9.44. The summed E-state index contributed by atoms with van der Waals surface area (Å²) in [7, 11) is 0. The molecule has 0 radical (unpaired) electrons. The van der Waals surface area contributed by atoms with Crippen molar-refractivity contribution < 1.29 is 76.6 Å². The van der Waals surface area contributed by atoms with Crippen LogP contribution in [0.2, 0.25) is 0 Å². The Bertz CT molecular complexity index is 2600. The summed E-state index contributed by atoms with van der Waals surface area (Å²) in [5.74, 6) is -11.8. The van der Waals surface area contributed by atoms with Gasteiger partial charge in [-0.15, -0.1) is 34.8 Å². The number of ether oxygens (including phenoxy) is 7. The highest BCUT2D eigenvalue weighted by atomic mass is 35.5. The average Bonchev–Trinajstić information content (AvgIpc) is 3.35. The molecular weight excluding hydrogens is 989 g/mol. The number of Topliss-reactive ketones (excluding diaryl/α,β-unsaturated/α-hetero) is 1. The SMILES string of the molecule is CC(=O)O[C@@]12CO[C@@H]1C[C@H](OC(=O)CCl)[C@@]1(C)C(=O)[C@H](OC(=O)CCl)C3=C(C)[C@@H](OC(=O)[C@H](OC(=O)CCl)[C@@H](NC(=O)c4ccccc4)c4ccccc4)C[C@@](O)([C@@H](OC(=O)c4ccccc4)[C@H]21)C3(C)C. The highest BCUT2D eigenvalue weighted by molar-refractivity contribution is 6.27. The number of nitrogens with one attached hydrogen (secondary N) is 1. The molecule has 1 saturated heterocycles. The highest BCUT2D eigenvalue weighted by Gasteiger charge is 2.79. The number of carbonyl (C=O) groups excluding carboxylic acids is 8. The van der Waals surface area contributed by atoms with Gasteiger partial charge in [-0.05, 0) is 54.8 Å². The molecule has 378 valence electrons. The minimum atomic E-state index is -2.55. The van der Waals surface area contributed by atoms with Crippen LogP contribution in [0.25, 0.3) is 0 Å². The first-order valence-corrected chi connectivity index (χ1v) is 24.2. The number of carbonyl (C=O) groups is 8. The molecule has 0 aromatic heterocycles. The van der Waals surface area contributed by atoms with Crippen molar-refractivity contribution >= 4 is 82.3 Å². The molecule has 3 fully saturated rings. The fourth-order valence-corrected chi connectivity index (χ4v) is 11.0. The fraction of sp³-hybridized carbons (Fsp3) is 0.451. The second kappa shape index (κ2) is 21.1. The van der Waals surface area contributed by atoms with Crippen LogP contribution in [0.4, 0.5) is 0 Å². The summed E-state index contributed by atoms with van der Waals surface area (Å²) in [6, 6.07) is 22.3. The Kier molecular flexibility index (Phi) is 15.7. The van der Waals surface area contributed by atoms with Gasteiger partial charge in [-0.2, -0.15) is 0 Å². The van der Waals surface area contributed by atoms with Crippen molar-refractivity contribution in [2.45, 2.75) is 101 Å². The Morgan fingerprint density at radius 3 is 1.89 bits per heavy atom. The number of benzene rings is 3. The Hall–Kier alpha value is -5.85. The molecule has 0 unspecified atom stereocenters. The van der Waals surface area contributed by atoms with E-state index >= 15 is 9.59 Å². The topological polar surface area (TPSA) is 233 Å². The zero-order valence-corrected chi connectivity index (χ0v) is 41.5. The Balaban J connectivity index is 1.46. The number of amides is 1. The number of hydrogen-bond acceptors (Lipinski definition) is 16. The first-order chi connectivity index (χ1) is 33.7. The van der Waals surface area contributed by atoms with Crippen LogP contribution in [0.3, 0.4) is 0 Å². The first-order valence-electron chi connectivity index (χ1n) is 22.6. The summed E-state index contributed by atoms with van der Waals surface area (Å²) in [6.07, 6.45) is -11.2. The van der Waals surface area contributed by atoms with Gasteiger partial charge in [0.1, 0.15) is 53.7 Å². The third-order valence-corrected chi connectivity index (χ3v) is 14.9. The van der Waals surface area contributed by atoms with E-state index in [1.807, 2.05) is 0 Å². The molecule has 0 spiro atoms. The van der Waals surface area contributed by atoms with Crippen LogP contribution < -0.4 is 5.32 Å². The summed E-state index contributed by atoms with van der Waals surface area (Å²) < 4.78 is 42.5. The normalized spacial score (nSPS) is 29.1. The van der Waals surface area contributed by atoms with E-state index in [4.69, 9.17) is 68.0 Å². The van der Waals surface area contributed by atoms with Crippen LogP contribution in [-0.4, -0.2) is 125 Å². The number of rotatable bonds is 15. The Morgan fingerprint density at radius 2 is 1.34 bits per heavy atom.